The fraction of sp³-hybridized carbons (Fsp3) is 0.417. The van der Waals surface area contributed by atoms with Crippen molar-refractivity contribution in [2.75, 3.05) is 44.4 Å². The van der Waals surface area contributed by atoms with E-state index in [1.54, 1.807) is 40.4 Å². The summed E-state index contributed by atoms with van der Waals surface area (Å²) >= 11 is 0. The average molecular weight is 1080 g/mol. The number of amides is 2. The summed E-state index contributed by atoms with van der Waals surface area (Å²) in [5.41, 5.74) is 8.04. The van der Waals surface area contributed by atoms with Gasteiger partial charge < -0.3 is 39.8 Å². The van der Waals surface area contributed by atoms with Crippen molar-refractivity contribution >= 4 is 39.4 Å². The highest BCUT2D eigenvalue weighted by Crippen LogP contribution is 2.53. The van der Waals surface area contributed by atoms with Gasteiger partial charge in [-0.15, -0.1) is 5.10 Å². The van der Waals surface area contributed by atoms with Gasteiger partial charge in [0.2, 0.25) is 11.8 Å². The van der Waals surface area contributed by atoms with Crippen molar-refractivity contribution in [2.45, 2.75) is 115 Å². The number of aliphatic hydroxyl groups excluding tert-OH is 1. The van der Waals surface area contributed by atoms with Crippen LogP contribution in [0.25, 0.3) is 55.6 Å². The van der Waals surface area contributed by atoms with Gasteiger partial charge in [0.25, 0.3) is 0 Å². The third-order valence-corrected chi connectivity index (χ3v) is 16.7. The molecule has 1 aliphatic carbocycles. The molecule has 0 unspecified atom stereocenters. The fourth-order valence-electron chi connectivity index (χ4n) is 12.3. The van der Waals surface area contributed by atoms with Crippen molar-refractivity contribution in [2.24, 2.45) is 5.92 Å². The van der Waals surface area contributed by atoms with Crippen LogP contribution in [0.2, 0.25) is 0 Å². The normalized spacial score (nSPS) is 20.1. The number of carbonyl (C=O) groups is 2. The Balaban J connectivity index is 0.781. The van der Waals surface area contributed by atoms with Crippen LogP contribution in [-0.2, 0) is 20.9 Å². The molecule has 5 atom stereocenters. The van der Waals surface area contributed by atoms with E-state index in [0.29, 0.717) is 72.5 Å². The molecule has 4 aliphatic heterocycles. The van der Waals surface area contributed by atoms with E-state index in [1.807, 2.05) is 69.3 Å². The van der Waals surface area contributed by atoms with Crippen LogP contribution in [0.4, 0.5) is 10.2 Å². The van der Waals surface area contributed by atoms with Crippen molar-refractivity contribution in [3.8, 4) is 45.5 Å². The van der Waals surface area contributed by atoms with Crippen molar-refractivity contribution in [1.29, 1.82) is 0 Å². The zero-order valence-electron chi connectivity index (χ0n) is 45.0. The molecule has 5 aliphatic rings. The number of halogens is 1. The molecule has 4 N–H and O–H groups in total. The Kier molecular flexibility index (Phi) is 13.9. The smallest absolute Gasteiger partial charge is 0.319 e. The van der Waals surface area contributed by atoms with Crippen molar-refractivity contribution in [3.63, 3.8) is 0 Å². The Labute approximate surface area is 461 Å². The third kappa shape index (κ3) is 9.86. The molecule has 2 amide bonds. The summed E-state index contributed by atoms with van der Waals surface area (Å²) < 4.78 is 37.2. The second-order valence-corrected chi connectivity index (χ2v) is 22.3. The number of nitrogens with zero attached hydrogens (tertiary/aromatic N) is 10. The van der Waals surface area contributed by atoms with E-state index in [9.17, 15) is 14.7 Å². The Morgan fingerprint density at radius 2 is 1.74 bits per heavy atom. The second kappa shape index (κ2) is 21.6. The number of piperazine rings is 1. The predicted octanol–water partition coefficient (Wildman–Crippen LogP) is 7.94. The second-order valence-electron chi connectivity index (χ2n) is 22.3. The Hall–Kier alpha value is -7.94. The predicted molar refractivity (Wildman–Crippen MR) is 297 cm³/mol. The first-order chi connectivity index (χ1) is 39.1. The monoisotopic (exact) mass is 1080 g/mol. The van der Waals surface area contributed by atoms with Crippen LogP contribution in [-0.4, -0.2) is 131 Å². The van der Waals surface area contributed by atoms with Gasteiger partial charge in [-0.05, 0) is 91.3 Å². The zero-order chi connectivity index (χ0) is 54.6. The first-order valence-corrected chi connectivity index (χ1v) is 28.1. The number of hydrogen-bond acceptors (Lipinski definition) is 15. The summed E-state index contributed by atoms with van der Waals surface area (Å²) in [6.45, 7) is 8.86. The summed E-state index contributed by atoms with van der Waals surface area (Å²) in [6.07, 6.45) is 12.4. The number of aliphatic hydroxyl groups is 1. The van der Waals surface area contributed by atoms with Crippen LogP contribution in [0.5, 0.6) is 11.8 Å². The minimum Gasteiger partial charge on any atom is -0.486 e. The average Bonchev–Trinajstić information content (AvgIpc) is 4.21. The quantitative estimate of drug-likeness (QED) is 0.0680. The van der Waals surface area contributed by atoms with E-state index in [1.165, 1.54) is 6.07 Å². The van der Waals surface area contributed by atoms with E-state index < -0.39 is 18.1 Å². The fourth-order valence-corrected chi connectivity index (χ4v) is 12.3. The summed E-state index contributed by atoms with van der Waals surface area (Å²) in [7, 11) is 0. The van der Waals surface area contributed by atoms with Gasteiger partial charge >= 0.3 is 6.01 Å². The Bertz CT molecular complexity index is 3590. The zero-order valence-corrected chi connectivity index (χ0v) is 45.0. The topological polar surface area (TPSA) is 224 Å². The first kappa shape index (κ1) is 51.5. The van der Waals surface area contributed by atoms with Crippen molar-refractivity contribution in [1.82, 2.24) is 60.7 Å². The van der Waals surface area contributed by atoms with Crippen molar-refractivity contribution in [3.05, 3.63) is 120 Å². The van der Waals surface area contributed by atoms with Gasteiger partial charge in [0.1, 0.15) is 47.6 Å². The summed E-state index contributed by atoms with van der Waals surface area (Å²) in [5, 5.41) is 35.2. The molecule has 80 heavy (non-hydrogen) atoms. The van der Waals surface area contributed by atoms with Crippen LogP contribution in [0, 0.1) is 18.7 Å². The molecule has 4 saturated heterocycles. The van der Waals surface area contributed by atoms with Gasteiger partial charge in [-0.25, -0.2) is 19.0 Å². The molecule has 13 rings (SSSR count). The lowest BCUT2D eigenvalue weighted by molar-refractivity contribution is -0.142. The van der Waals surface area contributed by atoms with Crippen LogP contribution in [0.1, 0.15) is 99.0 Å². The molecule has 4 aromatic heterocycles. The van der Waals surface area contributed by atoms with Gasteiger partial charge in [-0.1, -0.05) is 67.6 Å². The number of rotatable bonds is 17. The number of anilines is 1. The minimum atomic E-state index is -0.733. The lowest BCUT2D eigenvalue weighted by Crippen LogP contribution is -2.50. The third-order valence-electron chi connectivity index (χ3n) is 16.7. The molecule has 20 heteroatoms. The number of hydrogen-bond donors (Lipinski definition) is 4. The maximum atomic E-state index is 16.1. The Morgan fingerprint density at radius 3 is 2.46 bits per heavy atom. The lowest BCUT2D eigenvalue weighted by atomic mass is 9.88. The molecule has 1 saturated carbocycles. The van der Waals surface area contributed by atoms with E-state index >= 15 is 4.39 Å². The maximum absolute atomic E-state index is 16.1. The van der Waals surface area contributed by atoms with Gasteiger partial charge in [0.15, 0.2) is 11.6 Å². The van der Waals surface area contributed by atoms with Gasteiger partial charge in [-0.2, -0.15) is 15.1 Å². The molecular formula is C60H64FN13O6. The highest BCUT2D eigenvalue weighted by Gasteiger charge is 2.42. The number of aromatic nitrogens is 9. The van der Waals surface area contributed by atoms with Crippen LogP contribution in [0.3, 0.4) is 0 Å². The van der Waals surface area contributed by atoms with Gasteiger partial charge in [0, 0.05) is 90.0 Å². The molecule has 0 radical (unpaired) electrons. The standard InChI is InChI=1S/C60H64FN13O6/c1-33(2)54(59(77)72-21-4-6-50(72)58(76)66-49(31-75)38-13-15-39(16-14-38)56-62-19-5-20-63-56)74-30-48(70-71-74)37-9-7-35(8-10-37)32-79-55-52(51-34(3)46(61)26-47-45(51)28-65-69-47)43(36-11-12-36)25-44-53(55)67-60(80-42-17-22-78-23-18-42)68-57(44)73-29-40-24-41(73)27-64-40/h5,7-10,13-16,19-20,25-26,28,30,33,36,40-42,49-50,54,64,75H,4,6,11-12,17-18,21-24,27,29,31-32H2,1-3H3,(H,65,69)(H,66,76)/t40-,41-,49-,50-,54-/m0/s1. The number of aromatic amines is 1. The molecule has 19 nitrogen and oxygen atoms in total. The number of carbonyl (C=O) groups excluding carboxylic acids is 2. The van der Waals surface area contributed by atoms with E-state index in [2.05, 4.69) is 52.1 Å². The highest BCUT2D eigenvalue weighted by molar-refractivity contribution is 6.06. The van der Waals surface area contributed by atoms with Crippen LogP contribution in [0.15, 0.2) is 91.5 Å². The largest absolute Gasteiger partial charge is 0.486 e. The summed E-state index contributed by atoms with van der Waals surface area (Å²) in [4.78, 5) is 51.7. The Morgan fingerprint density at radius 1 is 0.950 bits per heavy atom. The highest BCUT2D eigenvalue weighted by atomic mass is 19.1. The number of likely N-dealkylation sites (tertiary alicyclic amines) is 1. The number of ether oxygens (including phenoxy) is 3. The maximum Gasteiger partial charge on any atom is 0.319 e. The molecule has 2 bridgehead atoms. The molecular weight excluding hydrogens is 1020 g/mol. The van der Waals surface area contributed by atoms with Crippen LogP contribution < -0.4 is 25.0 Å². The number of H-pyrrole nitrogens is 1. The molecule has 8 heterocycles. The number of fused-ring (bicyclic) bond motifs is 4. The summed E-state index contributed by atoms with van der Waals surface area (Å²) in [5.74, 6) is 1.08. The minimum absolute atomic E-state index is 0.108. The molecule has 412 valence electrons. The number of nitrogens with one attached hydrogen (secondary N) is 3. The van der Waals surface area contributed by atoms with Crippen LogP contribution >= 0.6 is 0 Å². The molecule has 5 fully saturated rings. The van der Waals surface area contributed by atoms with E-state index in [0.717, 1.165) is 101 Å². The van der Waals surface area contributed by atoms with Crippen molar-refractivity contribution < 1.29 is 33.3 Å². The molecule has 0 spiro atoms. The summed E-state index contributed by atoms with van der Waals surface area (Å²) in [6, 6.07) is 19.6. The van der Waals surface area contributed by atoms with E-state index in [4.69, 9.17) is 24.2 Å². The molecule has 4 aromatic carbocycles. The van der Waals surface area contributed by atoms with Gasteiger partial charge in [0.05, 0.1) is 43.8 Å². The lowest BCUT2D eigenvalue weighted by Gasteiger charge is -2.31. The van der Waals surface area contributed by atoms with E-state index in [-0.39, 0.29) is 60.8 Å². The number of benzene rings is 4. The first-order valence-electron chi connectivity index (χ1n) is 28.1. The van der Waals surface area contributed by atoms with Gasteiger partial charge in [-0.3, -0.25) is 14.7 Å². The SMILES string of the molecule is Cc1c(F)cc2[nH]ncc2c1-c1c(C2CC2)cc2c(N3C[C@@H]4C[C@H]3CN4)nc(OC3CCOCC3)nc2c1OCc1ccc(-c2cn([C@H](C(=O)N3CCC[C@H]3C(=O)N[C@@H](CO)c3ccc(-c4ncccn4)cc3)C(C)C)nn2)cc1. The molecule has 8 aromatic rings.